The highest BCUT2D eigenvalue weighted by Crippen LogP contribution is 2.06. The van der Waals surface area contributed by atoms with Gasteiger partial charge in [0.05, 0.1) is 0 Å². The van der Waals surface area contributed by atoms with Gasteiger partial charge in [-0.2, -0.15) is 0 Å². The van der Waals surface area contributed by atoms with Crippen LogP contribution in [0.3, 0.4) is 0 Å². The van der Waals surface area contributed by atoms with Crippen LogP contribution < -0.4 is 11.5 Å². The molecule has 6 heteroatoms. The van der Waals surface area contributed by atoms with Crippen LogP contribution in [-0.2, 0) is 0 Å². The first-order chi connectivity index (χ1) is 4.63. The molecule has 0 unspecified atom stereocenters. The van der Waals surface area contributed by atoms with Gasteiger partial charge in [-0.3, -0.25) is 15.0 Å². The Balaban J connectivity index is 3.37. The lowest BCUT2D eigenvalue weighted by Crippen LogP contribution is -2.12. The molecule has 0 bridgehead atoms. The minimum absolute atomic E-state index is 0.148. The number of anilines is 1. The van der Waals surface area contributed by atoms with Gasteiger partial charge in [-0.15, -0.1) is 0 Å². The highest BCUT2D eigenvalue weighted by atomic mass is 32.1. The number of amides is 1. The second kappa shape index (κ2) is 2.14. The molecule has 1 rings (SSSR count). The zero-order chi connectivity index (χ0) is 7.72. The number of aromatic amines is 2. The minimum Gasteiger partial charge on any atom is -0.383 e. The Hall–Kier alpha value is -1.30. The van der Waals surface area contributed by atoms with Gasteiger partial charge in [0.2, 0.25) is 0 Å². The maximum atomic E-state index is 10.5. The van der Waals surface area contributed by atoms with E-state index in [1.54, 1.807) is 0 Å². The minimum atomic E-state index is -0.625. The molecular formula is C4H6N4OS. The van der Waals surface area contributed by atoms with Crippen molar-refractivity contribution in [2.45, 2.75) is 0 Å². The molecule has 6 N–H and O–H groups in total. The standard InChI is InChI=1S/C4H6N4OS/c5-2-1(3(6)9)4(10)8-7-2/h(H2,6,9)(H4,5,7,8,10). The van der Waals surface area contributed by atoms with Crippen LogP contribution in [0.25, 0.3) is 0 Å². The van der Waals surface area contributed by atoms with E-state index in [9.17, 15) is 4.79 Å². The van der Waals surface area contributed by atoms with E-state index >= 15 is 0 Å². The molecule has 5 nitrogen and oxygen atoms in total. The first-order valence-electron chi connectivity index (χ1n) is 2.49. The quantitative estimate of drug-likeness (QED) is 0.424. The van der Waals surface area contributed by atoms with Crippen molar-refractivity contribution < 1.29 is 4.79 Å². The SMILES string of the molecule is NC(=O)c1c(N)[nH][nH]c1=S. The topological polar surface area (TPSA) is 101 Å². The lowest BCUT2D eigenvalue weighted by molar-refractivity contribution is 0.100. The van der Waals surface area contributed by atoms with Crippen molar-refractivity contribution in [2.75, 3.05) is 5.73 Å². The second-order valence-corrected chi connectivity index (χ2v) is 2.14. The predicted molar refractivity (Wildman–Crippen MR) is 38.9 cm³/mol. The van der Waals surface area contributed by atoms with Crippen LogP contribution in [0.15, 0.2) is 0 Å². The third-order valence-corrected chi connectivity index (χ3v) is 1.36. The van der Waals surface area contributed by atoms with Crippen molar-refractivity contribution in [3.8, 4) is 0 Å². The average molecular weight is 158 g/mol. The Morgan fingerprint density at radius 3 is 2.30 bits per heavy atom. The van der Waals surface area contributed by atoms with E-state index in [0.717, 1.165) is 0 Å². The number of rotatable bonds is 1. The van der Waals surface area contributed by atoms with Gasteiger partial charge in [-0.05, 0) is 0 Å². The van der Waals surface area contributed by atoms with Gasteiger partial charge in [-0.1, -0.05) is 12.2 Å². The monoisotopic (exact) mass is 158 g/mol. The van der Waals surface area contributed by atoms with Crippen LogP contribution in [0.1, 0.15) is 10.4 Å². The highest BCUT2D eigenvalue weighted by Gasteiger charge is 2.08. The number of primary amides is 1. The lowest BCUT2D eigenvalue weighted by atomic mass is 10.3. The summed E-state index contributed by atoms with van der Waals surface area (Å²) in [6, 6.07) is 0. The molecule has 54 valence electrons. The van der Waals surface area contributed by atoms with E-state index < -0.39 is 5.91 Å². The number of nitrogens with one attached hydrogen (secondary N) is 2. The van der Waals surface area contributed by atoms with Gasteiger partial charge in [0.15, 0.2) is 0 Å². The van der Waals surface area contributed by atoms with Crippen molar-refractivity contribution in [1.29, 1.82) is 0 Å². The molecule has 0 aromatic carbocycles. The Morgan fingerprint density at radius 1 is 1.50 bits per heavy atom. The Bertz CT molecular complexity index is 311. The first-order valence-corrected chi connectivity index (χ1v) is 2.89. The van der Waals surface area contributed by atoms with Crippen LogP contribution in [0.5, 0.6) is 0 Å². The van der Waals surface area contributed by atoms with E-state index in [2.05, 4.69) is 22.4 Å². The third-order valence-electron chi connectivity index (χ3n) is 1.05. The lowest BCUT2D eigenvalue weighted by Gasteiger charge is -1.87. The van der Waals surface area contributed by atoms with Crippen LogP contribution in [-0.4, -0.2) is 16.1 Å². The van der Waals surface area contributed by atoms with Gasteiger partial charge in [0, 0.05) is 0 Å². The van der Waals surface area contributed by atoms with Crippen molar-refractivity contribution in [1.82, 2.24) is 10.2 Å². The fourth-order valence-electron chi connectivity index (χ4n) is 0.616. The molecule has 0 aliphatic heterocycles. The Labute approximate surface area is 61.4 Å². The molecule has 0 fully saturated rings. The summed E-state index contributed by atoms with van der Waals surface area (Å²) in [5.41, 5.74) is 10.4. The van der Waals surface area contributed by atoms with Gasteiger partial charge >= 0.3 is 0 Å². The van der Waals surface area contributed by atoms with Crippen LogP contribution in [0.4, 0.5) is 5.82 Å². The molecule has 0 aliphatic carbocycles. The number of hydrogen-bond donors (Lipinski definition) is 4. The number of nitrogen functional groups attached to an aromatic ring is 1. The van der Waals surface area contributed by atoms with E-state index in [1.807, 2.05) is 0 Å². The summed E-state index contributed by atoms with van der Waals surface area (Å²) < 4.78 is 0.241. The first kappa shape index (κ1) is 6.81. The van der Waals surface area contributed by atoms with Gasteiger partial charge in [-0.25, -0.2) is 0 Å². The second-order valence-electron chi connectivity index (χ2n) is 1.73. The Morgan fingerprint density at radius 2 is 2.10 bits per heavy atom. The van der Waals surface area contributed by atoms with Crippen molar-refractivity contribution in [3.63, 3.8) is 0 Å². The largest absolute Gasteiger partial charge is 0.383 e. The molecule has 0 aliphatic rings. The van der Waals surface area contributed by atoms with Crippen LogP contribution >= 0.6 is 12.2 Å². The van der Waals surface area contributed by atoms with Gasteiger partial charge in [0.1, 0.15) is 16.0 Å². The highest BCUT2D eigenvalue weighted by molar-refractivity contribution is 7.71. The summed E-state index contributed by atoms with van der Waals surface area (Å²) in [5, 5.41) is 4.95. The summed E-state index contributed by atoms with van der Waals surface area (Å²) in [5.74, 6) is -0.447. The summed E-state index contributed by atoms with van der Waals surface area (Å²) in [6.45, 7) is 0. The van der Waals surface area contributed by atoms with Crippen LogP contribution in [0, 0.1) is 4.64 Å². The summed E-state index contributed by atoms with van der Waals surface area (Å²) in [6.07, 6.45) is 0. The van der Waals surface area contributed by atoms with E-state index in [-0.39, 0.29) is 16.0 Å². The smallest absolute Gasteiger partial charge is 0.255 e. The molecule has 0 spiro atoms. The van der Waals surface area contributed by atoms with Crippen molar-refractivity contribution >= 4 is 23.9 Å². The molecule has 0 atom stereocenters. The molecule has 0 saturated heterocycles. The normalized spacial score (nSPS) is 9.60. The van der Waals surface area contributed by atoms with E-state index in [1.165, 1.54) is 0 Å². The van der Waals surface area contributed by atoms with Crippen molar-refractivity contribution in [3.05, 3.63) is 10.2 Å². The number of nitrogens with two attached hydrogens (primary N) is 2. The number of carbonyl (C=O) groups is 1. The fourth-order valence-corrected chi connectivity index (χ4v) is 0.878. The number of carbonyl (C=O) groups excluding carboxylic acids is 1. The van der Waals surface area contributed by atoms with E-state index in [4.69, 9.17) is 11.5 Å². The molecule has 1 aromatic rings. The van der Waals surface area contributed by atoms with E-state index in [0.29, 0.717) is 0 Å². The molecule has 0 radical (unpaired) electrons. The maximum Gasteiger partial charge on any atom is 0.255 e. The fraction of sp³-hybridized carbons (Fsp3) is 0. The summed E-state index contributed by atoms with van der Waals surface area (Å²) >= 11 is 4.68. The maximum absolute atomic E-state index is 10.5. The zero-order valence-corrected chi connectivity index (χ0v) is 5.79. The average Bonchev–Trinajstić information content (AvgIpc) is 2.11. The van der Waals surface area contributed by atoms with Crippen LogP contribution in [0.2, 0.25) is 0 Å². The molecular weight excluding hydrogens is 152 g/mol. The number of H-pyrrole nitrogens is 2. The third kappa shape index (κ3) is 0.883. The Kier molecular flexibility index (Phi) is 1.46. The predicted octanol–water partition coefficient (Wildman–Crippen LogP) is -0.247. The zero-order valence-electron chi connectivity index (χ0n) is 4.97. The molecule has 0 saturated carbocycles. The number of hydrogen-bond acceptors (Lipinski definition) is 3. The molecule has 1 heterocycles. The summed E-state index contributed by atoms with van der Waals surface area (Å²) in [7, 11) is 0. The van der Waals surface area contributed by atoms with Crippen molar-refractivity contribution in [2.24, 2.45) is 5.73 Å². The van der Waals surface area contributed by atoms with Gasteiger partial charge in [0.25, 0.3) is 5.91 Å². The van der Waals surface area contributed by atoms with Gasteiger partial charge < -0.3 is 11.5 Å². The molecule has 1 amide bonds. The molecule has 1 aromatic heterocycles. The number of aromatic nitrogens is 2. The summed E-state index contributed by atoms with van der Waals surface area (Å²) in [4.78, 5) is 10.5. The molecule has 10 heavy (non-hydrogen) atoms.